The van der Waals surface area contributed by atoms with Gasteiger partial charge in [-0.1, -0.05) is 0 Å². The van der Waals surface area contributed by atoms with E-state index in [4.69, 9.17) is 4.74 Å². The third kappa shape index (κ3) is 3.36. The van der Waals surface area contributed by atoms with E-state index < -0.39 is 5.54 Å². The molecule has 2 amide bonds. The molecular formula is C17H25N5O3. The summed E-state index contributed by atoms with van der Waals surface area (Å²) in [7, 11) is 3.47. The minimum absolute atomic E-state index is 0.0324. The highest BCUT2D eigenvalue weighted by Crippen LogP contribution is 2.39. The van der Waals surface area contributed by atoms with Gasteiger partial charge in [0.05, 0.1) is 31.6 Å². The maximum atomic E-state index is 13.1. The lowest BCUT2D eigenvalue weighted by Crippen LogP contribution is -2.56. The molecule has 0 bridgehead atoms. The molecule has 1 aromatic heterocycles. The number of morpholine rings is 1. The van der Waals surface area contributed by atoms with Crippen LogP contribution in [-0.2, 0) is 19.9 Å². The normalized spacial score (nSPS) is 24.3. The molecule has 8 heteroatoms. The molecule has 1 unspecified atom stereocenters. The van der Waals surface area contributed by atoms with Gasteiger partial charge in [-0.3, -0.25) is 24.5 Å². The minimum atomic E-state index is -0.917. The lowest BCUT2D eigenvalue weighted by atomic mass is 9.90. The zero-order chi connectivity index (χ0) is 17.9. The highest BCUT2D eigenvalue weighted by molar-refractivity contribution is 5.88. The lowest BCUT2D eigenvalue weighted by molar-refractivity contribution is -0.145. The molecule has 0 radical (unpaired) electrons. The monoisotopic (exact) mass is 347 g/mol. The van der Waals surface area contributed by atoms with Gasteiger partial charge >= 0.3 is 0 Å². The summed E-state index contributed by atoms with van der Waals surface area (Å²) in [4.78, 5) is 39.8. The maximum absolute atomic E-state index is 13.1. The van der Waals surface area contributed by atoms with E-state index in [-0.39, 0.29) is 18.4 Å². The largest absolute Gasteiger partial charge is 0.378 e. The predicted molar refractivity (Wildman–Crippen MR) is 90.6 cm³/mol. The molecule has 2 fully saturated rings. The van der Waals surface area contributed by atoms with E-state index in [9.17, 15) is 9.59 Å². The average Bonchev–Trinajstić information content (AvgIpc) is 3.06. The first-order valence-corrected chi connectivity index (χ1v) is 8.64. The van der Waals surface area contributed by atoms with Crippen LogP contribution in [0.3, 0.4) is 0 Å². The van der Waals surface area contributed by atoms with Gasteiger partial charge in [-0.25, -0.2) is 0 Å². The molecule has 0 spiro atoms. The van der Waals surface area contributed by atoms with Crippen LogP contribution >= 0.6 is 0 Å². The fraction of sp³-hybridized carbons (Fsp3) is 0.647. The summed E-state index contributed by atoms with van der Waals surface area (Å²) in [5, 5.41) is 0. The van der Waals surface area contributed by atoms with Crippen molar-refractivity contribution in [2.24, 2.45) is 0 Å². The third-order valence-electron chi connectivity index (χ3n) is 4.94. The zero-order valence-corrected chi connectivity index (χ0v) is 14.8. The summed E-state index contributed by atoms with van der Waals surface area (Å²) < 4.78 is 5.31. The number of likely N-dealkylation sites (N-methyl/N-ethyl adjacent to an activating group) is 1. The average molecular weight is 347 g/mol. The summed E-state index contributed by atoms with van der Waals surface area (Å²) in [6.07, 6.45) is 6.31. The van der Waals surface area contributed by atoms with Gasteiger partial charge in [0.2, 0.25) is 11.8 Å². The van der Waals surface area contributed by atoms with Crippen LogP contribution in [0, 0.1) is 0 Å². The first kappa shape index (κ1) is 17.8. The molecule has 0 N–H and O–H groups in total. The SMILES string of the molecule is CN(C)C(=O)C1(c2cnccn2)CCCN1CC(=O)N1CCOCC1. The number of aromatic nitrogens is 2. The second-order valence-corrected chi connectivity index (χ2v) is 6.67. The van der Waals surface area contributed by atoms with Crippen LogP contribution in [0.2, 0.25) is 0 Å². The van der Waals surface area contributed by atoms with Gasteiger partial charge in [-0.05, 0) is 12.8 Å². The number of likely N-dealkylation sites (tertiary alicyclic amines) is 1. The van der Waals surface area contributed by atoms with Crippen LogP contribution in [0.15, 0.2) is 18.6 Å². The van der Waals surface area contributed by atoms with E-state index in [0.29, 0.717) is 45.0 Å². The van der Waals surface area contributed by atoms with Crippen LogP contribution in [0.25, 0.3) is 0 Å². The molecule has 0 saturated carbocycles. The molecule has 2 aliphatic heterocycles. The molecule has 2 saturated heterocycles. The first-order valence-electron chi connectivity index (χ1n) is 8.64. The third-order valence-corrected chi connectivity index (χ3v) is 4.94. The Morgan fingerprint density at radius 1 is 1.24 bits per heavy atom. The maximum Gasteiger partial charge on any atom is 0.248 e. The van der Waals surface area contributed by atoms with Gasteiger partial charge in [-0.2, -0.15) is 0 Å². The van der Waals surface area contributed by atoms with Crippen molar-refractivity contribution in [3.8, 4) is 0 Å². The Bertz CT molecular complexity index is 618. The molecule has 8 nitrogen and oxygen atoms in total. The predicted octanol–water partition coefficient (Wildman–Crippen LogP) is -0.285. The number of ether oxygens (including phenoxy) is 1. The van der Waals surface area contributed by atoms with Gasteiger partial charge in [-0.15, -0.1) is 0 Å². The molecular weight excluding hydrogens is 322 g/mol. The van der Waals surface area contributed by atoms with E-state index in [0.717, 1.165) is 6.42 Å². The molecule has 136 valence electrons. The van der Waals surface area contributed by atoms with E-state index in [1.54, 1.807) is 37.6 Å². The summed E-state index contributed by atoms with van der Waals surface area (Å²) in [6, 6.07) is 0. The fourth-order valence-electron chi connectivity index (χ4n) is 3.69. The number of amides is 2. The van der Waals surface area contributed by atoms with Crippen molar-refractivity contribution < 1.29 is 14.3 Å². The fourth-order valence-corrected chi connectivity index (χ4v) is 3.69. The van der Waals surface area contributed by atoms with Crippen molar-refractivity contribution in [3.63, 3.8) is 0 Å². The quantitative estimate of drug-likeness (QED) is 0.745. The molecule has 1 aromatic rings. The number of rotatable bonds is 4. The van der Waals surface area contributed by atoms with Crippen LogP contribution in [-0.4, -0.2) is 90.0 Å². The Labute approximate surface area is 147 Å². The summed E-state index contributed by atoms with van der Waals surface area (Å²) >= 11 is 0. The van der Waals surface area contributed by atoms with E-state index in [1.807, 2.05) is 9.80 Å². The smallest absolute Gasteiger partial charge is 0.248 e. The summed E-state index contributed by atoms with van der Waals surface area (Å²) in [5.41, 5.74) is -0.305. The molecule has 1 atom stereocenters. The van der Waals surface area contributed by atoms with Crippen LogP contribution in [0.1, 0.15) is 18.5 Å². The first-order chi connectivity index (χ1) is 12.1. The topological polar surface area (TPSA) is 78.9 Å². The van der Waals surface area contributed by atoms with Crippen molar-refractivity contribution in [2.75, 3.05) is 53.5 Å². The van der Waals surface area contributed by atoms with Crippen LogP contribution in [0.5, 0.6) is 0 Å². The zero-order valence-electron chi connectivity index (χ0n) is 14.8. The molecule has 0 aromatic carbocycles. The van der Waals surface area contributed by atoms with E-state index in [2.05, 4.69) is 9.97 Å². The van der Waals surface area contributed by atoms with Crippen molar-refractivity contribution in [3.05, 3.63) is 24.3 Å². The van der Waals surface area contributed by atoms with Gasteiger partial charge in [0, 0.05) is 46.1 Å². The van der Waals surface area contributed by atoms with Crippen molar-refractivity contribution in [2.45, 2.75) is 18.4 Å². The number of carbonyl (C=O) groups is 2. The number of hydrogen-bond acceptors (Lipinski definition) is 6. The van der Waals surface area contributed by atoms with Crippen molar-refractivity contribution in [1.29, 1.82) is 0 Å². The number of hydrogen-bond donors (Lipinski definition) is 0. The number of carbonyl (C=O) groups excluding carboxylic acids is 2. The Morgan fingerprint density at radius 2 is 2.00 bits per heavy atom. The summed E-state index contributed by atoms with van der Waals surface area (Å²) in [6.45, 7) is 3.23. The van der Waals surface area contributed by atoms with Gasteiger partial charge in [0.15, 0.2) is 0 Å². The number of nitrogens with zero attached hydrogens (tertiary/aromatic N) is 5. The highest BCUT2D eigenvalue weighted by Gasteiger charge is 2.51. The Morgan fingerprint density at radius 3 is 2.64 bits per heavy atom. The Kier molecular flexibility index (Phi) is 5.29. The van der Waals surface area contributed by atoms with Crippen molar-refractivity contribution in [1.82, 2.24) is 24.7 Å². The molecule has 25 heavy (non-hydrogen) atoms. The van der Waals surface area contributed by atoms with Gasteiger partial charge in [0.1, 0.15) is 5.54 Å². The van der Waals surface area contributed by atoms with E-state index >= 15 is 0 Å². The van der Waals surface area contributed by atoms with Gasteiger partial charge < -0.3 is 14.5 Å². The van der Waals surface area contributed by atoms with Crippen LogP contribution in [0.4, 0.5) is 0 Å². The second-order valence-electron chi connectivity index (χ2n) is 6.67. The molecule has 3 heterocycles. The lowest BCUT2D eigenvalue weighted by Gasteiger charge is -2.39. The standard InChI is InChI=1S/C17H25N5O3/c1-20(2)16(24)17(14-12-18-5-6-19-14)4-3-7-22(17)13-15(23)21-8-10-25-11-9-21/h5-6,12H,3-4,7-11,13H2,1-2H3. The molecule has 2 aliphatic rings. The van der Waals surface area contributed by atoms with E-state index in [1.165, 1.54) is 0 Å². The molecule has 3 rings (SSSR count). The summed E-state index contributed by atoms with van der Waals surface area (Å²) in [5.74, 6) is -0.0229. The van der Waals surface area contributed by atoms with Crippen molar-refractivity contribution >= 4 is 11.8 Å². The van der Waals surface area contributed by atoms with Gasteiger partial charge in [0.25, 0.3) is 0 Å². The minimum Gasteiger partial charge on any atom is -0.378 e. The Balaban J connectivity index is 1.88. The van der Waals surface area contributed by atoms with Crippen LogP contribution < -0.4 is 0 Å². The molecule has 0 aliphatic carbocycles. The highest BCUT2D eigenvalue weighted by atomic mass is 16.5. The Hall–Kier alpha value is -2.06. The second kappa shape index (κ2) is 7.45.